The Morgan fingerprint density at radius 3 is 2.92 bits per heavy atom. The van der Waals surface area contributed by atoms with Crippen LogP contribution in [0.2, 0.25) is 0 Å². The molecule has 1 saturated heterocycles. The van der Waals surface area contributed by atoms with Crippen LogP contribution >= 0.6 is 15.9 Å². The van der Waals surface area contributed by atoms with Crippen molar-refractivity contribution < 1.29 is 9.53 Å². The van der Waals surface area contributed by atoms with Crippen molar-refractivity contribution in [3.63, 3.8) is 0 Å². The molecule has 0 aromatic carbocycles. The molecule has 0 spiro atoms. The van der Waals surface area contributed by atoms with Crippen molar-refractivity contribution in [2.75, 3.05) is 6.61 Å². The Morgan fingerprint density at radius 2 is 2.23 bits per heavy atom. The Balaban J connectivity index is 1.88. The van der Waals surface area contributed by atoms with E-state index in [9.17, 15) is 4.79 Å². The predicted molar refractivity (Wildman–Crippen MR) is 106 cm³/mol. The van der Waals surface area contributed by atoms with Gasteiger partial charge in [-0.2, -0.15) is 5.10 Å². The lowest BCUT2D eigenvalue weighted by Gasteiger charge is -2.23. The van der Waals surface area contributed by atoms with Gasteiger partial charge in [0, 0.05) is 18.7 Å². The average molecular weight is 422 g/mol. The molecule has 0 N–H and O–H groups in total. The van der Waals surface area contributed by atoms with E-state index in [0.717, 1.165) is 60.6 Å². The normalized spacial score (nSPS) is 19.0. The first-order chi connectivity index (χ1) is 12.7. The van der Waals surface area contributed by atoms with E-state index >= 15 is 0 Å². The maximum Gasteiger partial charge on any atom is 0.184 e. The molecule has 3 heterocycles. The summed E-state index contributed by atoms with van der Waals surface area (Å²) in [6.45, 7) is 5.03. The van der Waals surface area contributed by atoms with Crippen LogP contribution in [0, 0.1) is 5.92 Å². The monoisotopic (exact) mass is 421 g/mol. The van der Waals surface area contributed by atoms with Crippen LogP contribution < -0.4 is 0 Å². The number of ether oxygens (including phenoxy) is 1. The third kappa shape index (κ3) is 4.17. The van der Waals surface area contributed by atoms with Gasteiger partial charge in [0.15, 0.2) is 12.0 Å². The Kier molecular flexibility index (Phi) is 6.81. The molecule has 2 atom stereocenters. The molecule has 142 valence electrons. The van der Waals surface area contributed by atoms with Gasteiger partial charge in [-0.15, -0.1) is 0 Å². The minimum atomic E-state index is -0.0607. The van der Waals surface area contributed by atoms with Gasteiger partial charge in [0.2, 0.25) is 0 Å². The Hall–Kier alpha value is -1.27. The van der Waals surface area contributed by atoms with Crippen molar-refractivity contribution in [2.45, 2.75) is 71.4 Å². The molecule has 26 heavy (non-hydrogen) atoms. The van der Waals surface area contributed by atoms with Crippen LogP contribution in [0.3, 0.4) is 0 Å². The summed E-state index contributed by atoms with van der Waals surface area (Å²) < 4.78 is 8.56. The van der Waals surface area contributed by atoms with Gasteiger partial charge in [0.1, 0.15) is 10.3 Å². The standard InChI is InChI=1S/C20H28BrN3O2/c1-3-5-6-9-14(4-2)19(25)16-12-17-15(13-22-16)20(21)23-24(17)18-10-7-8-11-26-18/h12-14,18H,3-11H2,1-2H3. The number of aromatic nitrogens is 3. The van der Waals surface area contributed by atoms with Crippen LogP contribution in [-0.4, -0.2) is 27.2 Å². The van der Waals surface area contributed by atoms with Gasteiger partial charge in [-0.3, -0.25) is 9.78 Å². The van der Waals surface area contributed by atoms with Crippen molar-refractivity contribution in [3.05, 3.63) is 22.6 Å². The number of halogens is 1. The van der Waals surface area contributed by atoms with E-state index in [2.05, 4.69) is 39.9 Å². The predicted octanol–water partition coefficient (Wildman–Crippen LogP) is 5.68. The summed E-state index contributed by atoms with van der Waals surface area (Å²) in [6.07, 6.45) is 10.1. The van der Waals surface area contributed by atoms with Gasteiger partial charge in [0.25, 0.3) is 0 Å². The Labute approximate surface area is 163 Å². The lowest BCUT2D eigenvalue weighted by molar-refractivity contribution is -0.0368. The molecule has 0 aliphatic carbocycles. The molecule has 0 radical (unpaired) electrons. The number of fused-ring (bicyclic) bond motifs is 1. The van der Waals surface area contributed by atoms with E-state index < -0.39 is 0 Å². The zero-order valence-corrected chi connectivity index (χ0v) is 17.3. The second-order valence-corrected chi connectivity index (χ2v) is 7.86. The highest BCUT2D eigenvalue weighted by atomic mass is 79.9. The highest BCUT2D eigenvalue weighted by Gasteiger charge is 2.24. The quantitative estimate of drug-likeness (QED) is 0.406. The van der Waals surface area contributed by atoms with Gasteiger partial charge in [-0.1, -0.05) is 33.1 Å². The van der Waals surface area contributed by atoms with Crippen LogP contribution in [0.4, 0.5) is 0 Å². The molecular formula is C20H28BrN3O2. The summed E-state index contributed by atoms with van der Waals surface area (Å²) >= 11 is 3.52. The lowest BCUT2D eigenvalue weighted by atomic mass is 9.92. The van der Waals surface area contributed by atoms with E-state index in [1.165, 1.54) is 12.8 Å². The van der Waals surface area contributed by atoms with Crippen LogP contribution in [0.25, 0.3) is 10.9 Å². The van der Waals surface area contributed by atoms with Crippen LogP contribution in [0.5, 0.6) is 0 Å². The number of hydrogen-bond donors (Lipinski definition) is 0. The third-order valence-corrected chi connectivity index (χ3v) is 5.83. The van der Waals surface area contributed by atoms with E-state index in [4.69, 9.17) is 4.74 Å². The minimum absolute atomic E-state index is 0.0530. The zero-order valence-electron chi connectivity index (χ0n) is 15.7. The molecule has 5 nitrogen and oxygen atoms in total. The van der Waals surface area contributed by atoms with Crippen molar-refractivity contribution in [2.24, 2.45) is 5.92 Å². The van der Waals surface area contributed by atoms with Gasteiger partial charge in [-0.05, 0) is 54.1 Å². The average Bonchev–Trinajstić information content (AvgIpc) is 3.01. The van der Waals surface area contributed by atoms with Gasteiger partial charge in [0.05, 0.1) is 10.9 Å². The number of Topliss-reactive ketones (excluding diaryl/α,β-unsaturated/α-hetero) is 1. The Bertz CT molecular complexity index is 753. The first-order valence-corrected chi connectivity index (χ1v) is 10.6. The summed E-state index contributed by atoms with van der Waals surface area (Å²) in [6, 6.07) is 1.90. The summed E-state index contributed by atoms with van der Waals surface area (Å²) in [5, 5.41) is 5.52. The molecule has 2 aromatic heterocycles. The van der Waals surface area contributed by atoms with E-state index in [1.54, 1.807) is 6.20 Å². The molecule has 6 heteroatoms. The molecule has 1 fully saturated rings. The van der Waals surface area contributed by atoms with E-state index in [-0.39, 0.29) is 17.9 Å². The summed E-state index contributed by atoms with van der Waals surface area (Å²) in [5.74, 6) is 0.205. The fourth-order valence-electron chi connectivity index (χ4n) is 3.64. The molecule has 0 bridgehead atoms. The smallest absolute Gasteiger partial charge is 0.184 e. The highest BCUT2D eigenvalue weighted by molar-refractivity contribution is 9.10. The molecule has 1 aliphatic heterocycles. The number of nitrogens with zero attached hydrogens (tertiary/aromatic N) is 3. The number of pyridine rings is 1. The number of hydrogen-bond acceptors (Lipinski definition) is 4. The van der Waals surface area contributed by atoms with Crippen molar-refractivity contribution >= 4 is 32.6 Å². The van der Waals surface area contributed by atoms with Crippen LogP contribution in [-0.2, 0) is 4.74 Å². The number of carbonyl (C=O) groups is 1. The lowest BCUT2D eigenvalue weighted by Crippen LogP contribution is -2.19. The zero-order chi connectivity index (χ0) is 18.5. The second-order valence-electron chi connectivity index (χ2n) is 7.11. The Morgan fingerprint density at radius 1 is 1.38 bits per heavy atom. The van der Waals surface area contributed by atoms with Crippen LogP contribution in [0.15, 0.2) is 16.9 Å². The highest BCUT2D eigenvalue weighted by Crippen LogP contribution is 2.31. The summed E-state index contributed by atoms with van der Waals surface area (Å²) in [4.78, 5) is 17.4. The number of rotatable bonds is 8. The number of ketones is 1. The molecule has 0 amide bonds. The molecular weight excluding hydrogens is 394 g/mol. The van der Waals surface area contributed by atoms with E-state index in [0.29, 0.717) is 5.69 Å². The molecule has 0 saturated carbocycles. The fraction of sp³-hybridized carbons (Fsp3) is 0.650. The second kappa shape index (κ2) is 9.09. The first kappa shape index (κ1) is 19.5. The number of unbranched alkanes of at least 4 members (excludes halogenated alkanes) is 2. The van der Waals surface area contributed by atoms with Crippen molar-refractivity contribution in [1.29, 1.82) is 0 Å². The molecule has 2 aromatic rings. The maximum absolute atomic E-state index is 13.0. The fourth-order valence-corrected chi connectivity index (χ4v) is 4.11. The molecule has 1 aliphatic rings. The number of carbonyl (C=O) groups excluding carboxylic acids is 1. The molecule has 2 unspecified atom stereocenters. The van der Waals surface area contributed by atoms with Crippen LogP contribution in [0.1, 0.15) is 81.9 Å². The summed E-state index contributed by atoms with van der Waals surface area (Å²) in [5.41, 5.74) is 1.47. The van der Waals surface area contributed by atoms with Crippen molar-refractivity contribution in [3.8, 4) is 0 Å². The minimum Gasteiger partial charge on any atom is -0.356 e. The topological polar surface area (TPSA) is 57.0 Å². The maximum atomic E-state index is 13.0. The molecule has 3 rings (SSSR count). The third-order valence-electron chi connectivity index (χ3n) is 5.25. The van der Waals surface area contributed by atoms with Gasteiger partial charge < -0.3 is 4.74 Å². The van der Waals surface area contributed by atoms with E-state index in [1.807, 2.05) is 10.7 Å². The largest absolute Gasteiger partial charge is 0.356 e. The van der Waals surface area contributed by atoms with Gasteiger partial charge in [-0.25, -0.2) is 4.68 Å². The van der Waals surface area contributed by atoms with Gasteiger partial charge >= 0.3 is 0 Å². The first-order valence-electron chi connectivity index (χ1n) is 9.85. The summed E-state index contributed by atoms with van der Waals surface area (Å²) in [7, 11) is 0. The SMILES string of the molecule is CCCCCC(CC)C(=O)c1cc2c(cn1)c(Br)nn2C1CCCCO1. The van der Waals surface area contributed by atoms with Crippen molar-refractivity contribution in [1.82, 2.24) is 14.8 Å².